The van der Waals surface area contributed by atoms with Crippen molar-refractivity contribution < 1.29 is 8.42 Å². The summed E-state index contributed by atoms with van der Waals surface area (Å²) >= 11 is 0. The summed E-state index contributed by atoms with van der Waals surface area (Å²) in [6.45, 7) is 6.78. The first-order chi connectivity index (χ1) is 9.00. The first-order valence-electron chi connectivity index (χ1n) is 7.45. The molecule has 0 aromatic rings. The van der Waals surface area contributed by atoms with E-state index >= 15 is 0 Å². The molecule has 112 valence electrons. The van der Waals surface area contributed by atoms with Gasteiger partial charge in [-0.2, -0.15) is 4.31 Å². The molecule has 0 aromatic carbocycles. The zero-order chi connectivity index (χ0) is 14.0. The maximum Gasteiger partial charge on any atom is 0.218 e. The average molecular weight is 289 g/mol. The van der Waals surface area contributed by atoms with E-state index in [1.54, 1.807) is 4.31 Å². The second-order valence-corrected chi connectivity index (χ2v) is 8.04. The monoisotopic (exact) mass is 289 g/mol. The Bertz CT molecular complexity index is 395. The molecule has 2 aliphatic heterocycles. The van der Waals surface area contributed by atoms with Gasteiger partial charge in [0.15, 0.2) is 0 Å². The molecule has 2 fully saturated rings. The molecule has 0 radical (unpaired) electrons. The number of nitrogens with two attached hydrogens (primary N) is 1. The van der Waals surface area contributed by atoms with Gasteiger partial charge in [0.2, 0.25) is 10.0 Å². The minimum absolute atomic E-state index is 0.0694. The van der Waals surface area contributed by atoms with E-state index < -0.39 is 15.3 Å². The summed E-state index contributed by atoms with van der Waals surface area (Å²) in [4.78, 5) is 2.46. The summed E-state index contributed by atoms with van der Waals surface area (Å²) in [6.07, 6.45) is 4.18. The van der Waals surface area contributed by atoms with Crippen LogP contribution in [0.1, 0.15) is 39.5 Å². The lowest BCUT2D eigenvalue weighted by atomic mass is 9.99. The Hall–Kier alpha value is -0.170. The quantitative estimate of drug-likeness (QED) is 0.823. The van der Waals surface area contributed by atoms with Crippen molar-refractivity contribution >= 4 is 10.0 Å². The summed E-state index contributed by atoms with van der Waals surface area (Å²) in [5, 5.41) is -0.426. The van der Waals surface area contributed by atoms with Gasteiger partial charge in [-0.1, -0.05) is 13.3 Å². The van der Waals surface area contributed by atoms with Gasteiger partial charge in [-0.05, 0) is 32.7 Å². The van der Waals surface area contributed by atoms with Crippen molar-refractivity contribution in [3.05, 3.63) is 0 Å². The van der Waals surface area contributed by atoms with Gasteiger partial charge >= 0.3 is 0 Å². The van der Waals surface area contributed by atoms with Crippen molar-refractivity contribution in [2.75, 3.05) is 26.2 Å². The first-order valence-corrected chi connectivity index (χ1v) is 8.95. The van der Waals surface area contributed by atoms with Crippen molar-refractivity contribution in [1.82, 2.24) is 9.21 Å². The van der Waals surface area contributed by atoms with E-state index in [-0.39, 0.29) is 12.6 Å². The van der Waals surface area contributed by atoms with Crippen molar-refractivity contribution in [3.8, 4) is 0 Å². The van der Waals surface area contributed by atoms with Crippen molar-refractivity contribution in [3.63, 3.8) is 0 Å². The Kier molecular flexibility index (Phi) is 4.87. The van der Waals surface area contributed by atoms with Gasteiger partial charge in [0.05, 0.1) is 5.25 Å². The molecule has 6 heteroatoms. The summed E-state index contributed by atoms with van der Waals surface area (Å²) in [7, 11) is -3.24. The number of fused-ring (bicyclic) bond motifs is 1. The lowest BCUT2D eigenvalue weighted by Crippen LogP contribution is -2.61. The zero-order valence-corrected chi connectivity index (χ0v) is 12.9. The molecule has 2 N–H and O–H groups in total. The minimum atomic E-state index is -3.24. The molecule has 3 unspecified atom stereocenters. The van der Waals surface area contributed by atoms with Crippen molar-refractivity contribution in [1.29, 1.82) is 0 Å². The minimum Gasteiger partial charge on any atom is -0.329 e. The summed E-state index contributed by atoms with van der Waals surface area (Å²) in [5.74, 6) is 0. The Labute approximate surface area is 117 Å². The van der Waals surface area contributed by atoms with Gasteiger partial charge < -0.3 is 5.73 Å². The maximum atomic E-state index is 12.7. The number of sulfonamides is 1. The fourth-order valence-corrected chi connectivity index (χ4v) is 5.37. The third-order valence-corrected chi connectivity index (χ3v) is 7.13. The molecule has 2 saturated heterocycles. The zero-order valence-electron chi connectivity index (χ0n) is 12.1. The Morgan fingerprint density at radius 3 is 2.68 bits per heavy atom. The van der Waals surface area contributed by atoms with E-state index in [9.17, 15) is 8.42 Å². The molecule has 0 aliphatic carbocycles. The largest absolute Gasteiger partial charge is 0.329 e. The van der Waals surface area contributed by atoms with Gasteiger partial charge in [0.25, 0.3) is 0 Å². The second-order valence-electron chi connectivity index (χ2n) is 5.87. The summed E-state index contributed by atoms with van der Waals surface area (Å²) < 4.78 is 27.0. The van der Waals surface area contributed by atoms with Crippen molar-refractivity contribution in [2.24, 2.45) is 5.73 Å². The average Bonchev–Trinajstić information content (AvgIpc) is 2.38. The molecule has 19 heavy (non-hydrogen) atoms. The van der Waals surface area contributed by atoms with Crippen LogP contribution in [0.5, 0.6) is 0 Å². The highest BCUT2D eigenvalue weighted by atomic mass is 32.2. The van der Waals surface area contributed by atoms with E-state index in [2.05, 4.69) is 4.90 Å². The van der Waals surface area contributed by atoms with Gasteiger partial charge in [-0.25, -0.2) is 8.42 Å². The number of nitrogens with zero attached hydrogens (tertiary/aromatic N) is 2. The van der Waals surface area contributed by atoms with Crippen LogP contribution in [0.2, 0.25) is 0 Å². The lowest BCUT2D eigenvalue weighted by Gasteiger charge is -2.47. The third-order valence-electron chi connectivity index (χ3n) is 4.60. The van der Waals surface area contributed by atoms with Crippen LogP contribution >= 0.6 is 0 Å². The van der Waals surface area contributed by atoms with Gasteiger partial charge in [0, 0.05) is 31.7 Å². The van der Waals surface area contributed by atoms with Crippen LogP contribution in [0.4, 0.5) is 0 Å². The maximum absolute atomic E-state index is 12.7. The van der Waals surface area contributed by atoms with Crippen molar-refractivity contribution in [2.45, 2.75) is 56.9 Å². The highest BCUT2D eigenvalue weighted by Crippen LogP contribution is 2.27. The molecule has 5 nitrogen and oxygen atoms in total. The molecule has 0 aromatic heterocycles. The fraction of sp³-hybridized carbons (Fsp3) is 1.00. The van der Waals surface area contributed by atoms with Crippen LogP contribution < -0.4 is 5.73 Å². The highest BCUT2D eigenvalue weighted by molar-refractivity contribution is 7.89. The van der Waals surface area contributed by atoms with Crippen LogP contribution in [0.3, 0.4) is 0 Å². The Balaban J connectivity index is 2.15. The number of hydrogen-bond donors (Lipinski definition) is 1. The molecule has 0 amide bonds. The smallest absolute Gasteiger partial charge is 0.218 e. The van der Waals surface area contributed by atoms with Gasteiger partial charge in [0.1, 0.15) is 0 Å². The van der Waals surface area contributed by atoms with Crippen LogP contribution in [0, 0.1) is 0 Å². The van der Waals surface area contributed by atoms with Crippen LogP contribution in [0.15, 0.2) is 0 Å². The van der Waals surface area contributed by atoms with E-state index in [4.69, 9.17) is 5.73 Å². The topological polar surface area (TPSA) is 66.6 Å². The SMILES string of the molecule is CCC(CN)S(=O)(=O)N1CC2CCCCN2CC1C. The number of piperidine rings is 1. The number of hydrogen-bond acceptors (Lipinski definition) is 4. The molecule has 0 saturated carbocycles. The fourth-order valence-electron chi connectivity index (χ4n) is 3.37. The van der Waals surface area contributed by atoms with Gasteiger partial charge in [-0.3, -0.25) is 4.90 Å². The molecule has 2 heterocycles. The first kappa shape index (κ1) is 15.2. The van der Waals surface area contributed by atoms with Crippen LogP contribution in [-0.2, 0) is 10.0 Å². The van der Waals surface area contributed by atoms with E-state index in [0.29, 0.717) is 19.0 Å². The van der Waals surface area contributed by atoms with E-state index in [1.165, 1.54) is 12.8 Å². The molecule has 2 aliphatic rings. The second kappa shape index (κ2) is 6.08. The molecular weight excluding hydrogens is 262 g/mol. The summed E-state index contributed by atoms with van der Waals surface area (Å²) in [5.41, 5.74) is 5.64. The van der Waals surface area contributed by atoms with Gasteiger partial charge in [-0.15, -0.1) is 0 Å². The predicted octanol–water partition coefficient (Wildman–Crippen LogP) is 0.612. The lowest BCUT2D eigenvalue weighted by molar-refractivity contribution is 0.0559. The Morgan fingerprint density at radius 1 is 1.32 bits per heavy atom. The normalized spacial score (nSPS) is 31.9. The Morgan fingerprint density at radius 2 is 2.05 bits per heavy atom. The molecule has 0 bridgehead atoms. The highest BCUT2D eigenvalue weighted by Gasteiger charge is 2.40. The predicted molar refractivity (Wildman–Crippen MR) is 77.4 cm³/mol. The number of piperazine rings is 1. The summed E-state index contributed by atoms with van der Waals surface area (Å²) in [6, 6.07) is 0.481. The molecule has 2 rings (SSSR count). The molecular formula is C13H27N3O2S. The third kappa shape index (κ3) is 2.96. The molecule has 3 atom stereocenters. The van der Waals surface area contributed by atoms with Crippen LogP contribution in [-0.4, -0.2) is 61.1 Å². The van der Waals surface area contributed by atoms with Crippen LogP contribution in [0.25, 0.3) is 0 Å². The number of rotatable bonds is 4. The molecule has 0 spiro atoms. The van der Waals surface area contributed by atoms with E-state index in [1.807, 2.05) is 13.8 Å². The van der Waals surface area contributed by atoms with E-state index in [0.717, 1.165) is 19.5 Å². The standard InChI is InChI=1S/C13H27N3O2S/c1-3-13(8-14)19(17,18)16-10-12-6-4-5-7-15(12)9-11(16)2/h11-13H,3-10,14H2,1-2H3.